The Bertz CT molecular complexity index is 799. The lowest BCUT2D eigenvalue weighted by atomic mass is 9.84. The van der Waals surface area contributed by atoms with Crippen LogP contribution in [0.2, 0.25) is 0 Å². The first-order chi connectivity index (χ1) is 9.96. The molecule has 106 valence electrons. The average molecular weight is 280 g/mol. The van der Waals surface area contributed by atoms with Crippen LogP contribution in [0.3, 0.4) is 0 Å². The number of hydrogen-bond acceptors (Lipinski definition) is 3. The summed E-state index contributed by atoms with van der Waals surface area (Å²) in [7, 11) is 0. The van der Waals surface area contributed by atoms with Crippen molar-refractivity contribution in [2.24, 2.45) is 0 Å². The maximum absolute atomic E-state index is 12.1. The highest BCUT2D eigenvalue weighted by molar-refractivity contribution is 5.48. The highest BCUT2D eigenvalue weighted by Gasteiger charge is 2.46. The van der Waals surface area contributed by atoms with Crippen molar-refractivity contribution < 1.29 is 5.11 Å². The number of aromatic nitrogens is 1. The molecule has 0 fully saturated rings. The number of benzene rings is 1. The fourth-order valence-corrected chi connectivity index (χ4v) is 3.16. The van der Waals surface area contributed by atoms with Crippen molar-refractivity contribution in [3.8, 4) is 6.07 Å². The van der Waals surface area contributed by atoms with Gasteiger partial charge in [-0.15, -0.1) is 0 Å². The predicted molar refractivity (Wildman–Crippen MR) is 79.0 cm³/mol. The van der Waals surface area contributed by atoms with Crippen molar-refractivity contribution in [3.05, 3.63) is 69.6 Å². The maximum Gasteiger partial charge on any atom is 0.251 e. The molecule has 1 aliphatic rings. The van der Waals surface area contributed by atoms with Gasteiger partial charge in [-0.25, -0.2) is 0 Å². The number of nitriles is 1. The van der Waals surface area contributed by atoms with Gasteiger partial charge in [0, 0.05) is 17.7 Å². The van der Waals surface area contributed by atoms with E-state index >= 15 is 0 Å². The van der Waals surface area contributed by atoms with Gasteiger partial charge in [0.1, 0.15) is 0 Å². The molecule has 0 radical (unpaired) electrons. The highest BCUT2D eigenvalue weighted by Crippen LogP contribution is 2.46. The Morgan fingerprint density at radius 1 is 1.29 bits per heavy atom. The van der Waals surface area contributed by atoms with Gasteiger partial charge in [-0.3, -0.25) is 4.79 Å². The first-order valence-corrected chi connectivity index (χ1v) is 6.86. The molecule has 21 heavy (non-hydrogen) atoms. The third kappa shape index (κ3) is 1.90. The third-order valence-corrected chi connectivity index (χ3v) is 4.38. The lowest BCUT2D eigenvalue weighted by molar-refractivity contribution is 0.0799. The standard InChI is InChI=1S/C17H16N2O2/c1-17(2)13-7-6-11(10-18)9-12(13)15(16(17)21)19-8-4-3-5-14(19)20/h3-9,15-16,21H,1-2H3. The molecule has 1 heterocycles. The minimum Gasteiger partial charge on any atom is -0.390 e. The summed E-state index contributed by atoms with van der Waals surface area (Å²) < 4.78 is 1.54. The van der Waals surface area contributed by atoms with Crippen molar-refractivity contribution >= 4 is 0 Å². The average Bonchev–Trinajstić information content (AvgIpc) is 2.67. The second kappa shape index (κ2) is 4.57. The van der Waals surface area contributed by atoms with Crippen molar-refractivity contribution in [2.75, 3.05) is 0 Å². The second-order valence-electron chi connectivity index (χ2n) is 5.97. The Hall–Kier alpha value is -2.38. The Kier molecular flexibility index (Phi) is 2.96. The summed E-state index contributed by atoms with van der Waals surface area (Å²) in [5.74, 6) is 0. The molecular formula is C17H16N2O2. The lowest BCUT2D eigenvalue weighted by Crippen LogP contribution is -2.37. The minimum atomic E-state index is -0.721. The van der Waals surface area contributed by atoms with E-state index in [1.807, 2.05) is 19.9 Å². The van der Waals surface area contributed by atoms with Crippen molar-refractivity contribution in [1.82, 2.24) is 4.57 Å². The topological polar surface area (TPSA) is 66.0 Å². The van der Waals surface area contributed by atoms with E-state index in [0.717, 1.165) is 11.1 Å². The van der Waals surface area contributed by atoms with Gasteiger partial charge in [0.25, 0.3) is 5.56 Å². The molecule has 0 amide bonds. The normalized spacial score (nSPS) is 22.6. The van der Waals surface area contributed by atoms with Crippen LogP contribution < -0.4 is 5.56 Å². The van der Waals surface area contributed by atoms with E-state index in [0.29, 0.717) is 5.56 Å². The van der Waals surface area contributed by atoms with Gasteiger partial charge in [-0.05, 0) is 29.3 Å². The van der Waals surface area contributed by atoms with E-state index in [-0.39, 0.29) is 5.56 Å². The van der Waals surface area contributed by atoms with Crippen molar-refractivity contribution in [1.29, 1.82) is 5.26 Å². The largest absolute Gasteiger partial charge is 0.390 e. The molecular weight excluding hydrogens is 264 g/mol. The Balaban J connectivity index is 2.27. The SMILES string of the molecule is CC1(C)c2ccc(C#N)cc2C(n2ccccc2=O)C1O. The first kappa shape index (κ1) is 13.6. The molecule has 0 aliphatic heterocycles. The van der Waals surface area contributed by atoms with Crippen LogP contribution in [-0.2, 0) is 5.41 Å². The van der Waals surface area contributed by atoms with Crippen LogP contribution in [0.15, 0.2) is 47.4 Å². The summed E-state index contributed by atoms with van der Waals surface area (Å²) in [4.78, 5) is 12.1. The van der Waals surface area contributed by atoms with Crippen LogP contribution in [0, 0.1) is 11.3 Å². The maximum atomic E-state index is 12.1. The molecule has 1 aliphatic carbocycles. The number of pyridine rings is 1. The molecule has 4 heteroatoms. The van der Waals surface area contributed by atoms with Crippen LogP contribution in [0.5, 0.6) is 0 Å². The molecule has 0 saturated carbocycles. The Morgan fingerprint density at radius 2 is 2.05 bits per heavy atom. The summed E-state index contributed by atoms with van der Waals surface area (Å²) in [6, 6.07) is 12.0. The molecule has 2 aromatic rings. The predicted octanol–water partition coefficient (Wildman–Crippen LogP) is 1.96. The number of fused-ring (bicyclic) bond motifs is 1. The Labute approximate surface area is 122 Å². The molecule has 4 nitrogen and oxygen atoms in total. The third-order valence-electron chi connectivity index (χ3n) is 4.38. The van der Waals surface area contributed by atoms with Crippen molar-refractivity contribution in [3.63, 3.8) is 0 Å². The number of rotatable bonds is 1. The summed E-state index contributed by atoms with van der Waals surface area (Å²) in [5.41, 5.74) is 1.73. The molecule has 1 aromatic carbocycles. The summed E-state index contributed by atoms with van der Waals surface area (Å²) in [6.07, 6.45) is 0.960. The van der Waals surface area contributed by atoms with E-state index in [1.165, 1.54) is 6.07 Å². The molecule has 1 N–H and O–H groups in total. The quantitative estimate of drug-likeness (QED) is 0.868. The van der Waals surface area contributed by atoms with Gasteiger partial charge in [-0.1, -0.05) is 26.0 Å². The molecule has 3 rings (SSSR count). The molecule has 2 atom stereocenters. The fraction of sp³-hybridized carbons (Fsp3) is 0.294. The van der Waals surface area contributed by atoms with Crippen LogP contribution in [0.25, 0.3) is 0 Å². The first-order valence-electron chi connectivity index (χ1n) is 6.86. The zero-order valence-electron chi connectivity index (χ0n) is 11.9. The van der Waals surface area contributed by atoms with Gasteiger partial charge >= 0.3 is 0 Å². The zero-order chi connectivity index (χ0) is 15.2. The summed E-state index contributed by atoms with van der Waals surface area (Å²) in [6.45, 7) is 3.91. The highest BCUT2D eigenvalue weighted by atomic mass is 16.3. The van der Waals surface area contributed by atoms with Gasteiger partial charge in [0.15, 0.2) is 0 Å². The van der Waals surface area contributed by atoms with Gasteiger partial charge in [-0.2, -0.15) is 5.26 Å². The smallest absolute Gasteiger partial charge is 0.251 e. The van der Waals surface area contributed by atoms with Crippen LogP contribution in [0.1, 0.15) is 36.6 Å². The van der Waals surface area contributed by atoms with Crippen LogP contribution in [0.4, 0.5) is 0 Å². The monoisotopic (exact) mass is 280 g/mol. The summed E-state index contributed by atoms with van der Waals surface area (Å²) in [5, 5.41) is 19.8. The van der Waals surface area contributed by atoms with E-state index in [9.17, 15) is 9.90 Å². The van der Waals surface area contributed by atoms with Gasteiger partial charge in [0.05, 0.1) is 23.8 Å². The Morgan fingerprint density at radius 3 is 2.71 bits per heavy atom. The fourth-order valence-electron chi connectivity index (χ4n) is 3.16. The minimum absolute atomic E-state index is 0.160. The van der Waals surface area contributed by atoms with E-state index < -0.39 is 17.6 Å². The molecule has 1 aromatic heterocycles. The van der Waals surface area contributed by atoms with Gasteiger partial charge in [0.2, 0.25) is 0 Å². The lowest BCUT2D eigenvalue weighted by Gasteiger charge is -2.27. The van der Waals surface area contributed by atoms with Crippen LogP contribution in [-0.4, -0.2) is 15.8 Å². The molecule has 0 bridgehead atoms. The molecule has 2 unspecified atom stereocenters. The number of aliphatic hydroxyl groups excluding tert-OH is 1. The van der Waals surface area contributed by atoms with Crippen molar-refractivity contribution in [2.45, 2.75) is 31.4 Å². The number of hydrogen-bond donors (Lipinski definition) is 1. The van der Waals surface area contributed by atoms with E-state index in [1.54, 1.807) is 35.0 Å². The molecule has 0 spiro atoms. The number of aliphatic hydroxyl groups is 1. The van der Waals surface area contributed by atoms with E-state index in [2.05, 4.69) is 6.07 Å². The van der Waals surface area contributed by atoms with Gasteiger partial charge < -0.3 is 9.67 Å². The zero-order valence-corrected chi connectivity index (χ0v) is 11.9. The summed E-state index contributed by atoms with van der Waals surface area (Å²) >= 11 is 0. The second-order valence-corrected chi connectivity index (χ2v) is 5.97. The molecule has 0 saturated heterocycles. The number of nitrogens with zero attached hydrogens (tertiary/aromatic N) is 2. The van der Waals surface area contributed by atoms with Crippen LogP contribution >= 0.6 is 0 Å². The van der Waals surface area contributed by atoms with E-state index in [4.69, 9.17) is 5.26 Å².